The van der Waals surface area contributed by atoms with E-state index in [0.717, 1.165) is 0 Å². The summed E-state index contributed by atoms with van der Waals surface area (Å²) in [7, 11) is 0. The van der Waals surface area contributed by atoms with Crippen LogP contribution in [0, 0.1) is 0 Å². The first-order valence-electron chi connectivity index (χ1n) is 5.02. The Kier molecular flexibility index (Phi) is 17.6. The van der Waals surface area contributed by atoms with Gasteiger partial charge in [-0.2, -0.15) is 0 Å². The van der Waals surface area contributed by atoms with Gasteiger partial charge in [-0.25, -0.2) is 0 Å². The first-order valence-corrected chi connectivity index (χ1v) is 5.02. The van der Waals surface area contributed by atoms with E-state index in [1.165, 1.54) is 51.4 Å². The molecule has 0 fully saturated rings. The molecule has 0 heterocycles. The van der Waals surface area contributed by atoms with E-state index in [2.05, 4.69) is 13.5 Å². The Hall–Kier alpha value is 0.506. The zero-order chi connectivity index (χ0) is 8.36. The van der Waals surface area contributed by atoms with Crippen LogP contribution in [0.1, 0.15) is 61.1 Å². The van der Waals surface area contributed by atoms with Crippen molar-refractivity contribution in [2.45, 2.75) is 58.3 Å². The van der Waals surface area contributed by atoms with Gasteiger partial charge in [0.1, 0.15) is 0 Å². The van der Waals surface area contributed by atoms with E-state index in [0.29, 0.717) is 0 Å². The van der Waals surface area contributed by atoms with Crippen molar-refractivity contribution < 1.29 is 2.85 Å². The Morgan fingerprint density at radius 1 is 1.00 bits per heavy atom. The third kappa shape index (κ3) is 13.1. The van der Waals surface area contributed by atoms with Gasteiger partial charge in [-0.1, -0.05) is 51.5 Å². The van der Waals surface area contributed by atoms with Crippen LogP contribution in [0.2, 0.25) is 0 Å². The predicted molar refractivity (Wildman–Crippen MR) is 60.8 cm³/mol. The van der Waals surface area contributed by atoms with Gasteiger partial charge in [-0.15, -0.1) is 6.58 Å². The smallest absolute Gasteiger partial charge is 1.00 e. The van der Waals surface area contributed by atoms with E-state index in [9.17, 15) is 0 Å². The molecule has 0 atom stereocenters. The zero-order valence-corrected chi connectivity index (χ0v) is 10.1. The zero-order valence-electron chi connectivity index (χ0n) is 10.6. The second-order valence-corrected chi connectivity index (χ2v) is 3.20. The van der Waals surface area contributed by atoms with Crippen LogP contribution < -0.4 is 0 Å². The molecule has 0 aromatic carbocycles. The summed E-state index contributed by atoms with van der Waals surface area (Å²) < 4.78 is 0. The van der Waals surface area contributed by atoms with Gasteiger partial charge in [0.05, 0.1) is 0 Å². The van der Waals surface area contributed by atoms with Crippen molar-refractivity contribution in [2.24, 2.45) is 0 Å². The third-order valence-corrected chi connectivity index (χ3v) is 2.01. The molecule has 0 aromatic rings. The van der Waals surface area contributed by atoms with E-state index in [4.69, 9.17) is 0 Å². The molecule has 0 unspecified atom stereocenters. The van der Waals surface area contributed by atoms with Crippen LogP contribution in [-0.2, 0) is 0 Å². The fraction of sp³-hybridized carbons (Fsp3) is 0.818. The number of unbranched alkanes of at least 4 members (excludes halogenated alkanes) is 7. The van der Waals surface area contributed by atoms with Gasteiger partial charge >= 0.3 is 23.1 Å². The summed E-state index contributed by atoms with van der Waals surface area (Å²) in [5.41, 5.74) is 0. The molecule has 0 aromatic heterocycles. The first kappa shape index (κ1) is 15.0. The number of allylic oxidation sites excluding steroid dienone is 1. The quantitative estimate of drug-likeness (QED) is 0.299. The Bertz CT molecular complexity index is 87.4. The largest absolute Gasteiger partial charge is 2.00 e. The van der Waals surface area contributed by atoms with E-state index in [1.54, 1.807) is 0 Å². The molecule has 0 aliphatic carbocycles. The Morgan fingerprint density at radius 2 is 1.50 bits per heavy atom. The van der Waals surface area contributed by atoms with Crippen molar-refractivity contribution in [3.05, 3.63) is 12.7 Å². The van der Waals surface area contributed by atoms with Crippen LogP contribution in [0.4, 0.5) is 0 Å². The minimum atomic E-state index is 0. The molecule has 0 nitrogen and oxygen atoms in total. The average Bonchev–Trinajstić information content (AvgIpc) is 2.03. The van der Waals surface area contributed by atoms with Crippen molar-refractivity contribution in [1.82, 2.24) is 0 Å². The fourth-order valence-corrected chi connectivity index (χ4v) is 1.25. The Labute approximate surface area is 96.9 Å². The molecule has 0 aliphatic rings. The summed E-state index contributed by atoms with van der Waals surface area (Å²) in [6, 6.07) is 0. The van der Waals surface area contributed by atoms with Crippen molar-refractivity contribution in [3.63, 3.8) is 0 Å². The van der Waals surface area contributed by atoms with Crippen LogP contribution in [0.5, 0.6) is 0 Å². The summed E-state index contributed by atoms with van der Waals surface area (Å²) in [4.78, 5) is 0. The van der Waals surface area contributed by atoms with Crippen LogP contribution in [0.25, 0.3) is 0 Å². The van der Waals surface area contributed by atoms with Crippen LogP contribution in [0.3, 0.4) is 0 Å². The third-order valence-electron chi connectivity index (χ3n) is 2.01. The molecule has 0 N–H and O–H groups in total. The van der Waals surface area contributed by atoms with Crippen molar-refractivity contribution >= 4 is 23.1 Å². The van der Waals surface area contributed by atoms with Gasteiger partial charge in [0.15, 0.2) is 0 Å². The summed E-state index contributed by atoms with van der Waals surface area (Å²) in [6.45, 7) is 5.97. The minimum absolute atomic E-state index is 0. The number of hydrogen-bond acceptors (Lipinski definition) is 0. The second kappa shape index (κ2) is 14.1. The van der Waals surface area contributed by atoms with E-state index in [-0.39, 0.29) is 25.9 Å². The molecule has 0 radical (unpaired) electrons. The fourth-order valence-electron chi connectivity index (χ4n) is 1.25. The van der Waals surface area contributed by atoms with Gasteiger partial charge in [0.2, 0.25) is 0 Å². The molecule has 12 heavy (non-hydrogen) atoms. The summed E-state index contributed by atoms with van der Waals surface area (Å²) in [6.07, 6.45) is 13.0. The maximum absolute atomic E-state index is 3.71. The number of rotatable bonds is 8. The molecule has 0 saturated carbocycles. The second-order valence-electron chi connectivity index (χ2n) is 3.20. The average molecular weight is 181 g/mol. The van der Waals surface area contributed by atoms with E-state index < -0.39 is 0 Å². The molecular weight excluding hydrogens is 156 g/mol. The normalized spacial score (nSPS) is 9.08. The molecule has 0 bridgehead atoms. The summed E-state index contributed by atoms with van der Waals surface area (Å²) in [5.74, 6) is 0. The molecule has 0 aliphatic heterocycles. The standard InChI is InChI=1S/C11H22.Mg.2H/c1-3-5-7-9-11-10-8-6-4-2;;;/h3H,1,4-11H2,2H3;;;/q;+2;2*-1. The van der Waals surface area contributed by atoms with Gasteiger partial charge in [-0.05, 0) is 12.8 Å². The van der Waals surface area contributed by atoms with Gasteiger partial charge in [0.25, 0.3) is 0 Å². The van der Waals surface area contributed by atoms with Crippen LogP contribution >= 0.6 is 0 Å². The van der Waals surface area contributed by atoms with E-state index >= 15 is 0 Å². The molecule has 0 saturated heterocycles. The van der Waals surface area contributed by atoms with Gasteiger partial charge in [-0.3, -0.25) is 0 Å². The Morgan fingerprint density at radius 3 is 2.00 bits per heavy atom. The van der Waals surface area contributed by atoms with Gasteiger partial charge < -0.3 is 2.85 Å². The van der Waals surface area contributed by atoms with Crippen molar-refractivity contribution in [3.8, 4) is 0 Å². The molecule has 0 amide bonds. The SMILES string of the molecule is C=CCCCCCCCCC.[H-].[H-].[Mg+2]. The van der Waals surface area contributed by atoms with Crippen LogP contribution in [-0.4, -0.2) is 23.1 Å². The van der Waals surface area contributed by atoms with E-state index in [1.807, 2.05) is 6.08 Å². The topological polar surface area (TPSA) is 0 Å². The maximum atomic E-state index is 3.71. The van der Waals surface area contributed by atoms with Gasteiger partial charge in [0, 0.05) is 0 Å². The predicted octanol–water partition coefficient (Wildman–Crippen LogP) is 4.16. The first-order chi connectivity index (χ1) is 5.41. The van der Waals surface area contributed by atoms with Crippen molar-refractivity contribution in [2.75, 3.05) is 0 Å². The monoisotopic (exact) mass is 180 g/mol. The van der Waals surface area contributed by atoms with Crippen molar-refractivity contribution in [1.29, 1.82) is 0 Å². The molecule has 70 valence electrons. The maximum Gasteiger partial charge on any atom is 2.00 e. The Balaban J connectivity index is -0.000000167. The molecule has 0 spiro atoms. The molecular formula is C11H24Mg. The number of hydrogen-bond donors (Lipinski definition) is 0. The molecule has 1 heteroatoms. The summed E-state index contributed by atoms with van der Waals surface area (Å²) in [5, 5.41) is 0. The van der Waals surface area contributed by atoms with Crippen LogP contribution in [0.15, 0.2) is 12.7 Å². The minimum Gasteiger partial charge on any atom is -1.00 e. The molecule has 0 rings (SSSR count). The summed E-state index contributed by atoms with van der Waals surface area (Å²) >= 11 is 0.